The molecule has 8 nitrogen and oxygen atoms in total. The molecule has 1 saturated heterocycles. The fourth-order valence-electron chi connectivity index (χ4n) is 3.70. The first-order valence-electron chi connectivity index (χ1n) is 10.4. The number of carbonyl (C=O) groups excluding carboxylic acids is 2. The van der Waals surface area contributed by atoms with Gasteiger partial charge in [0.05, 0.1) is 29.3 Å². The second-order valence-electron chi connectivity index (χ2n) is 7.71. The fraction of sp³-hybridized carbons (Fsp3) is 0.167. The topological polar surface area (TPSA) is 105 Å². The molecular formula is C24H22FN3O5S. The van der Waals surface area contributed by atoms with Crippen molar-refractivity contribution in [1.82, 2.24) is 0 Å². The Kier molecular flexibility index (Phi) is 6.51. The Morgan fingerprint density at radius 2 is 1.76 bits per heavy atom. The van der Waals surface area contributed by atoms with E-state index in [1.165, 1.54) is 54.5 Å². The highest BCUT2D eigenvalue weighted by atomic mass is 32.2. The van der Waals surface area contributed by atoms with E-state index in [2.05, 4.69) is 10.0 Å². The second kappa shape index (κ2) is 9.52. The lowest BCUT2D eigenvalue weighted by Crippen LogP contribution is -2.28. The number of para-hydroxylation sites is 2. The van der Waals surface area contributed by atoms with Crippen LogP contribution < -0.4 is 19.7 Å². The summed E-state index contributed by atoms with van der Waals surface area (Å²) in [7, 11) is -2.42. The molecule has 1 unspecified atom stereocenters. The van der Waals surface area contributed by atoms with Crippen molar-refractivity contribution in [2.45, 2.75) is 11.3 Å². The van der Waals surface area contributed by atoms with Crippen LogP contribution in [-0.2, 0) is 19.6 Å². The maximum absolute atomic E-state index is 13.3. The van der Waals surface area contributed by atoms with E-state index < -0.39 is 21.8 Å². The summed E-state index contributed by atoms with van der Waals surface area (Å²) in [4.78, 5) is 26.8. The Hall–Kier alpha value is -3.92. The SMILES string of the molecule is COc1ccccc1N1CC(C(=O)Nc2ccc(S(=O)(=O)Nc3cccc(F)c3)cc2)CC1=O. The molecule has 176 valence electrons. The monoisotopic (exact) mass is 483 g/mol. The van der Waals surface area contributed by atoms with E-state index in [0.717, 1.165) is 6.07 Å². The molecule has 0 spiro atoms. The van der Waals surface area contributed by atoms with Gasteiger partial charge in [-0.25, -0.2) is 12.8 Å². The number of nitrogens with one attached hydrogen (secondary N) is 2. The highest BCUT2D eigenvalue weighted by Crippen LogP contribution is 2.33. The molecule has 2 N–H and O–H groups in total. The molecule has 1 atom stereocenters. The second-order valence-corrected chi connectivity index (χ2v) is 9.39. The van der Waals surface area contributed by atoms with Gasteiger partial charge >= 0.3 is 0 Å². The lowest BCUT2D eigenvalue weighted by molar-refractivity contribution is -0.122. The molecule has 34 heavy (non-hydrogen) atoms. The minimum absolute atomic E-state index is 0.0480. The summed E-state index contributed by atoms with van der Waals surface area (Å²) >= 11 is 0. The van der Waals surface area contributed by atoms with Gasteiger partial charge in [-0.3, -0.25) is 14.3 Å². The molecule has 0 radical (unpaired) electrons. The van der Waals surface area contributed by atoms with Gasteiger partial charge in [0.1, 0.15) is 11.6 Å². The molecule has 1 aliphatic rings. The molecule has 1 heterocycles. The standard InChI is InChI=1S/C24H22FN3O5S/c1-33-22-8-3-2-7-21(22)28-15-16(13-23(28)29)24(30)26-18-9-11-20(12-10-18)34(31,32)27-19-6-4-5-17(25)14-19/h2-12,14,16,27H,13,15H2,1H3,(H,26,30). The van der Waals surface area contributed by atoms with Crippen molar-refractivity contribution in [3.05, 3.63) is 78.6 Å². The van der Waals surface area contributed by atoms with Crippen LogP contribution in [0, 0.1) is 11.7 Å². The van der Waals surface area contributed by atoms with Gasteiger partial charge in [0.15, 0.2) is 0 Å². The van der Waals surface area contributed by atoms with Crippen LogP contribution in [-0.4, -0.2) is 33.9 Å². The largest absolute Gasteiger partial charge is 0.495 e. The molecule has 1 fully saturated rings. The maximum atomic E-state index is 13.3. The maximum Gasteiger partial charge on any atom is 0.261 e. The molecule has 0 saturated carbocycles. The molecule has 0 aliphatic carbocycles. The van der Waals surface area contributed by atoms with E-state index in [0.29, 0.717) is 17.1 Å². The fourth-order valence-corrected chi connectivity index (χ4v) is 4.75. The minimum atomic E-state index is -3.94. The van der Waals surface area contributed by atoms with Gasteiger partial charge < -0.3 is 15.0 Å². The van der Waals surface area contributed by atoms with Crippen molar-refractivity contribution in [3.8, 4) is 5.75 Å². The zero-order valence-electron chi connectivity index (χ0n) is 18.2. The number of halogens is 1. The lowest BCUT2D eigenvalue weighted by atomic mass is 10.1. The van der Waals surface area contributed by atoms with Crippen LogP contribution in [0.4, 0.5) is 21.5 Å². The van der Waals surface area contributed by atoms with Gasteiger partial charge in [-0.2, -0.15) is 0 Å². The first kappa shape index (κ1) is 23.2. The van der Waals surface area contributed by atoms with Gasteiger partial charge in [-0.05, 0) is 54.6 Å². The van der Waals surface area contributed by atoms with Gasteiger partial charge in [0.2, 0.25) is 11.8 Å². The number of rotatable bonds is 7. The molecule has 3 aromatic carbocycles. The molecule has 3 aromatic rings. The van der Waals surface area contributed by atoms with Gasteiger partial charge in [-0.1, -0.05) is 18.2 Å². The summed E-state index contributed by atoms with van der Waals surface area (Å²) in [5, 5.41) is 2.73. The van der Waals surface area contributed by atoms with Crippen molar-refractivity contribution >= 4 is 38.9 Å². The van der Waals surface area contributed by atoms with Gasteiger partial charge in [-0.15, -0.1) is 0 Å². The first-order valence-corrected chi connectivity index (χ1v) is 11.9. The number of hydrogen-bond acceptors (Lipinski definition) is 5. The number of benzene rings is 3. The third-order valence-electron chi connectivity index (χ3n) is 5.38. The van der Waals surface area contributed by atoms with Crippen LogP contribution in [0.1, 0.15) is 6.42 Å². The van der Waals surface area contributed by atoms with E-state index in [-0.39, 0.29) is 35.4 Å². The van der Waals surface area contributed by atoms with Gasteiger partial charge in [0, 0.05) is 18.7 Å². The van der Waals surface area contributed by atoms with Crippen molar-refractivity contribution in [1.29, 1.82) is 0 Å². The number of carbonyl (C=O) groups is 2. The van der Waals surface area contributed by atoms with Gasteiger partial charge in [0.25, 0.3) is 10.0 Å². The quantitative estimate of drug-likeness (QED) is 0.534. The molecular weight excluding hydrogens is 461 g/mol. The Labute approximate surface area is 196 Å². The molecule has 0 bridgehead atoms. The minimum Gasteiger partial charge on any atom is -0.495 e. The molecule has 1 aliphatic heterocycles. The summed E-state index contributed by atoms with van der Waals surface area (Å²) < 4.78 is 46.0. The number of nitrogens with zero attached hydrogens (tertiary/aromatic N) is 1. The number of anilines is 3. The molecule has 2 amide bonds. The molecule has 4 rings (SSSR count). The zero-order valence-corrected chi connectivity index (χ0v) is 19.0. The smallest absolute Gasteiger partial charge is 0.261 e. The summed E-state index contributed by atoms with van der Waals surface area (Å²) in [5.41, 5.74) is 1.09. The summed E-state index contributed by atoms with van der Waals surface area (Å²) in [6.45, 7) is 0.203. The van der Waals surface area contributed by atoms with Crippen molar-refractivity contribution in [2.75, 3.05) is 28.6 Å². The highest BCUT2D eigenvalue weighted by Gasteiger charge is 2.36. The number of methoxy groups -OCH3 is 1. The Balaban J connectivity index is 1.41. The average molecular weight is 484 g/mol. The Bertz CT molecular complexity index is 1330. The first-order chi connectivity index (χ1) is 16.3. The van der Waals surface area contributed by atoms with Crippen molar-refractivity contribution < 1.29 is 27.1 Å². The van der Waals surface area contributed by atoms with Crippen LogP contribution >= 0.6 is 0 Å². The number of amides is 2. The van der Waals surface area contributed by atoms with Crippen molar-refractivity contribution in [3.63, 3.8) is 0 Å². The number of hydrogen-bond donors (Lipinski definition) is 2. The van der Waals surface area contributed by atoms with Crippen molar-refractivity contribution in [2.24, 2.45) is 5.92 Å². The van der Waals surface area contributed by atoms with Crippen LogP contribution in [0.15, 0.2) is 77.7 Å². The van der Waals surface area contributed by atoms with Crippen LogP contribution in [0.5, 0.6) is 5.75 Å². The van der Waals surface area contributed by atoms with E-state index in [1.54, 1.807) is 24.3 Å². The molecule has 10 heteroatoms. The van der Waals surface area contributed by atoms with Crippen LogP contribution in [0.3, 0.4) is 0 Å². The van der Waals surface area contributed by atoms with Crippen LogP contribution in [0.2, 0.25) is 0 Å². The Morgan fingerprint density at radius 3 is 2.47 bits per heavy atom. The Morgan fingerprint density at radius 1 is 1.03 bits per heavy atom. The highest BCUT2D eigenvalue weighted by molar-refractivity contribution is 7.92. The predicted molar refractivity (Wildman–Crippen MR) is 126 cm³/mol. The summed E-state index contributed by atoms with van der Waals surface area (Å²) in [5.74, 6) is -1.13. The molecule has 0 aromatic heterocycles. The van der Waals surface area contributed by atoms with E-state index >= 15 is 0 Å². The zero-order chi connectivity index (χ0) is 24.3. The van der Waals surface area contributed by atoms with E-state index in [9.17, 15) is 22.4 Å². The summed E-state index contributed by atoms with van der Waals surface area (Å²) in [6, 6.07) is 17.8. The van der Waals surface area contributed by atoms with Crippen LogP contribution in [0.25, 0.3) is 0 Å². The number of ether oxygens (including phenoxy) is 1. The normalized spacial score (nSPS) is 15.8. The number of sulfonamides is 1. The summed E-state index contributed by atoms with van der Waals surface area (Å²) in [6.07, 6.45) is 0.0495. The third-order valence-corrected chi connectivity index (χ3v) is 6.78. The predicted octanol–water partition coefficient (Wildman–Crippen LogP) is 3.63. The third kappa shape index (κ3) is 5.01. The van der Waals surface area contributed by atoms with E-state index in [4.69, 9.17) is 4.74 Å². The lowest BCUT2D eigenvalue weighted by Gasteiger charge is -2.19. The van der Waals surface area contributed by atoms with E-state index in [1.807, 2.05) is 0 Å². The average Bonchev–Trinajstić information content (AvgIpc) is 3.20.